The van der Waals surface area contributed by atoms with Crippen molar-refractivity contribution in [3.05, 3.63) is 82.4 Å². The fourth-order valence-corrected chi connectivity index (χ4v) is 3.11. The highest BCUT2D eigenvalue weighted by Gasteiger charge is 2.07. The van der Waals surface area contributed by atoms with Gasteiger partial charge in [0.1, 0.15) is 0 Å². The molecule has 1 heterocycles. The Balaban J connectivity index is 0.00000184. The lowest BCUT2D eigenvalue weighted by Crippen LogP contribution is -2.30. The number of nitrogens with zero attached hydrogens (tertiary/aromatic N) is 1. The molecule has 2 nitrogen and oxygen atoms in total. The molecule has 3 heteroatoms. The number of nitrogens with one attached hydrogen (secondary N) is 1. The van der Waals surface area contributed by atoms with Gasteiger partial charge in [-0.15, -0.1) is 0 Å². The Kier molecular flexibility index (Phi) is 13.4. The van der Waals surface area contributed by atoms with Crippen molar-refractivity contribution in [2.75, 3.05) is 5.32 Å². The first-order valence-electron chi connectivity index (χ1n) is 10.3. The molecule has 0 saturated carbocycles. The molecular weight excluding hydrogens is 372 g/mol. The lowest BCUT2D eigenvalue weighted by Gasteiger charge is -2.07. The zero-order chi connectivity index (χ0) is 22.4. The first kappa shape index (κ1) is 26.6. The van der Waals surface area contributed by atoms with Gasteiger partial charge in [-0.25, -0.2) is 0 Å². The van der Waals surface area contributed by atoms with Gasteiger partial charge >= 0.3 is 0 Å². The van der Waals surface area contributed by atoms with E-state index in [1.165, 1.54) is 5.56 Å². The normalized spacial score (nSPS) is 12.6. The molecule has 0 aliphatic carbocycles. The van der Waals surface area contributed by atoms with Gasteiger partial charge in [-0.1, -0.05) is 64.6 Å². The highest BCUT2D eigenvalue weighted by Crippen LogP contribution is 2.15. The summed E-state index contributed by atoms with van der Waals surface area (Å²) in [5.74, 6) is 0. The summed E-state index contributed by atoms with van der Waals surface area (Å²) in [6.45, 7) is 18.1. The number of hydrogen-bond acceptors (Lipinski definition) is 2. The summed E-state index contributed by atoms with van der Waals surface area (Å²) in [7, 11) is 2.06. The van der Waals surface area contributed by atoms with E-state index in [4.69, 9.17) is 0 Å². The maximum absolute atomic E-state index is 4.37. The number of benzene rings is 1. The van der Waals surface area contributed by atoms with E-state index in [0.29, 0.717) is 0 Å². The molecule has 1 aromatic heterocycles. The lowest BCUT2D eigenvalue weighted by molar-refractivity contribution is 0.873. The second kappa shape index (κ2) is 14.6. The molecule has 1 N–H and O–H groups in total. The van der Waals surface area contributed by atoms with Gasteiger partial charge in [0, 0.05) is 40.3 Å². The third-order valence-electron chi connectivity index (χ3n) is 4.09. The molecule has 0 spiro atoms. The van der Waals surface area contributed by atoms with E-state index >= 15 is 0 Å². The van der Waals surface area contributed by atoms with Crippen LogP contribution in [0.2, 0.25) is 0 Å². The number of aromatic nitrogens is 1. The van der Waals surface area contributed by atoms with Crippen LogP contribution in [0.3, 0.4) is 0 Å². The van der Waals surface area contributed by atoms with E-state index in [2.05, 4.69) is 86.4 Å². The maximum Gasteiger partial charge on any atom is 0.0499 e. The molecule has 0 bridgehead atoms. The van der Waals surface area contributed by atoms with Gasteiger partial charge in [0.05, 0.1) is 0 Å². The van der Waals surface area contributed by atoms with E-state index < -0.39 is 0 Å². The van der Waals surface area contributed by atoms with Crippen molar-refractivity contribution in [2.24, 2.45) is 7.05 Å². The van der Waals surface area contributed by atoms with Gasteiger partial charge in [0.25, 0.3) is 0 Å². The molecule has 0 fully saturated rings. The molecule has 0 radical (unpaired) electrons. The molecule has 0 saturated heterocycles. The van der Waals surface area contributed by atoms with Crippen LogP contribution in [0.5, 0.6) is 0 Å². The average molecular weight is 411 g/mol. The molecule has 0 atom stereocenters. The van der Waals surface area contributed by atoms with E-state index in [-0.39, 0.29) is 0 Å². The van der Waals surface area contributed by atoms with Crippen molar-refractivity contribution < 1.29 is 0 Å². The number of anilines is 1. The molecule has 0 amide bonds. The zero-order valence-electron chi connectivity index (χ0n) is 19.4. The second-order valence-electron chi connectivity index (χ2n) is 5.99. The van der Waals surface area contributed by atoms with Crippen LogP contribution in [0.1, 0.15) is 52.8 Å². The van der Waals surface area contributed by atoms with Crippen LogP contribution in [0.4, 0.5) is 5.69 Å². The van der Waals surface area contributed by atoms with Crippen LogP contribution >= 0.6 is 12.6 Å². The van der Waals surface area contributed by atoms with E-state index in [9.17, 15) is 0 Å². The van der Waals surface area contributed by atoms with Gasteiger partial charge in [-0.05, 0) is 56.0 Å². The summed E-state index contributed by atoms with van der Waals surface area (Å²) in [5, 5.41) is 7.61. The molecule has 2 aromatic rings. The summed E-state index contributed by atoms with van der Waals surface area (Å²) in [6.07, 6.45) is 7.94. The Bertz CT molecular complexity index is 944. The summed E-state index contributed by atoms with van der Waals surface area (Å²) in [4.78, 5) is 0. The zero-order valence-corrected chi connectivity index (χ0v) is 20.3. The number of rotatable bonds is 5. The van der Waals surface area contributed by atoms with Crippen LogP contribution in [0.15, 0.2) is 60.5 Å². The van der Waals surface area contributed by atoms with Crippen molar-refractivity contribution in [1.82, 2.24) is 4.57 Å². The van der Waals surface area contributed by atoms with E-state index in [1.54, 1.807) is 0 Å². The van der Waals surface area contributed by atoms with Crippen molar-refractivity contribution in [1.29, 1.82) is 0 Å². The minimum absolute atomic E-state index is 1.07. The fourth-order valence-electron chi connectivity index (χ4n) is 2.89. The molecule has 0 unspecified atom stereocenters. The smallest absolute Gasteiger partial charge is 0.0499 e. The average Bonchev–Trinajstić information content (AvgIpc) is 3.06. The minimum Gasteiger partial charge on any atom is -0.359 e. The van der Waals surface area contributed by atoms with Gasteiger partial charge in [-0.2, -0.15) is 12.6 Å². The molecule has 0 aliphatic rings. The number of allylic oxidation sites excluding steroid dienone is 4. The van der Waals surface area contributed by atoms with Crippen LogP contribution < -0.4 is 15.9 Å². The van der Waals surface area contributed by atoms with E-state index in [0.717, 1.165) is 33.2 Å². The quantitative estimate of drug-likeness (QED) is 0.428. The fraction of sp³-hybridized carbons (Fsp3) is 0.308. The number of hydrogen-bond donors (Lipinski definition) is 2. The highest BCUT2D eigenvalue weighted by molar-refractivity contribution is 7.83. The Morgan fingerprint density at radius 2 is 1.79 bits per heavy atom. The van der Waals surface area contributed by atoms with Crippen molar-refractivity contribution in [3.8, 4) is 0 Å². The van der Waals surface area contributed by atoms with Gasteiger partial charge in [-0.3, -0.25) is 0 Å². The van der Waals surface area contributed by atoms with Gasteiger partial charge in [0.15, 0.2) is 0 Å². The summed E-state index contributed by atoms with van der Waals surface area (Å²) >= 11 is 4.37. The Labute approximate surface area is 183 Å². The molecule has 0 aliphatic heterocycles. The molecule has 29 heavy (non-hydrogen) atoms. The largest absolute Gasteiger partial charge is 0.359 e. The summed E-state index contributed by atoms with van der Waals surface area (Å²) in [5.41, 5.74) is 5.60. The number of thiol groups is 1. The van der Waals surface area contributed by atoms with Crippen LogP contribution in [-0.4, -0.2) is 4.57 Å². The first-order chi connectivity index (χ1) is 14.0. The Morgan fingerprint density at radius 3 is 2.31 bits per heavy atom. The Hall–Kier alpha value is -2.39. The molecule has 158 valence electrons. The first-order valence-corrected chi connectivity index (χ1v) is 10.8. The maximum atomic E-state index is 4.37. The topological polar surface area (TPSA) is 17.0 Å². The molecular formula is C26H38N2S. The minimum atomic E-state index is 1.07. The SMILES string of the molecule is C=C/C=c1\c(=C(/C)Nc2cccc(C)c2)cc(C(/C=C\C)=C/S)n1C.CC.CC. The second-order valence-corrected chi connectivity index (χ2v) is 6.25. The van der Waals surface area contributed by atoms with Gasteiger partial charge < -0.3 is 9.88 Å². The highest BCUT2D eigenvalue weighted by atomic mass is 32.1. The third-order valence-corrected chi connectivity index (χ3v) is 4.37. The third kappa shape index (κ3) is 7.51. The lowest BCUT2D eigenvalue weighted by atomic mass is 10.2. The standard InChI is InChI=1S/C22H26N2S.2C2H6/c1-6-9-18(15-25)22-14-20(21(10-7-2)24(22)5)17(4)23-19-12-8-11-16(3)13-19;2*1-2/h6-15,23,25H,2H2,1,3-5H3;2*1-2H3/b9-6-,18-15+,20-17+,21-10+;;. The predicted octanol–water partition coefficient (Wildman–Crippen LogP) is 6.44. The van der Waals surface area contributed by atoms with Crippen molar-refractivity contribution >= 4 is 35.7 Å². The van der Waals surface area contributed by atoms with Crippen LogP contribution in [-0.2, 0) is 7.05 Å². The summed E-state index contributed by atoms with van der Waals surface area (Å²) in [6, 6.07) is 10.6. The Morgan fingerprint density at radius 1 is 1.14 bits per heavy atom. The monoisotopic (exact) mass is 410 g/mol. The molecule has 1 aromatic carbocycles. The van der Waals surface area contributed by atoms with Gasteiger partial charge in [0.2, 0.25) is 0 Å². The summed E-state index contributed by atoms with van der Waals surface area (Å²) < 4.78 is 2.17. The van der Waals surface area contributed by atoms with E-state index in [1.807, 2.05) is 58.3 Å². The van der Waals surface area contributed by atoms with Crippen molar-refractivity contribution in [3.63, 3.8) is 0 Å². The molecule has 2 rings (SSSR count). The van der Waals surface area contributed by atoms with Crippen LogP contribution in [0, 0.1) is 6.92 Å². The van der Waals surface area contributed by atoms with Crippen molar-refractivity contribution in [2.45, 2.75) is 48.5 Å². The predicted molar refractivity (Wildman–Crippen MR) is 138 cm³/mol. The van der Waals surface area contributed by atoms with Crippen LogP contribution in [0.25, 0.3) is 17.3 Å². The number of aryl methyl sites for hydroxylation is 1.